The molecule has 1 saturated heterocycles. The third-order valence-electron chi connectivity index (χ3n) is 6.05. The molecule has 1 aliphatic rings. The van der Waals surface area contributed by atoms with Gasteiger partial charge in [-0.2, -0.15) is 10.1 Å². The van der Waals surface area contributed by atoms with Crippen molar-refractivity contribution < 1.29 is 4.52 Å². The molecular weight excluding hydrogens is 392 g/mol. The summed E-state index contributed by atoms with van der Waals surface area (Å²) < 4.78 is 8.66. The summed E-state index contributed by atoms with van der Waals surface area (Å²) in [6.07, 6.45) is 7.18. The van der Waals surface area contributed by atoms with Gasteiger partial charge in [-0.05, 0) is 39.3 Å². The third-order valence-corrected chi connectivity index (χ3v) is 6.05. The Balaban J connectivity index is 1.36. The van der Waals surface area contributed by atoms with Crippen molar-refractivity contribution in [2.75, 3.05) is 6.54 Å². The highest BCUT2D eigenvalue weighted by atomic mass is 16.5. The van der Waals surface area contributed by atoms with Crippen LogP contribution in [-0.2, 0) is 13.1 Å². The Morgan fingerprint density at radius 3 is 2.77 bits per heavy atom. The van der Waals surface area contributed by atoms with Crippen molar-refractivity contribution >= 4 is 5.52 Å². The van der Waals surface area contributed by atoms with E-state index < -0.39 is 0 Å². The molecule has 0 spiro atoms. The van der Waals surface area contributed by atoms with E-state index in [0.717, 1.165) is 17.8 Å². The lowest BCUT2D eigenvalue weighted by Gasteiger charge is -2.31. The molecule has 0 aliphatic carbocycles. The number of fused-ring (bicyclic) bond motifs is 1. The Morgan fingerprint density at radius 1 is 1.13 bits per heavy atom. The van der Waals surface area contributed by atoms with E-state index >= 15 is 0 Å². The predicted molar refractivity (Wildman–Crippen MR) is 117 cm³/mol. The zero-order valence-electron chi connectivity index (χ0n) is 17.9. The van der Waals surface area contributed by atoms with Crippen molar-refractivity contribution in [3.05, 3.63) is 70.4 Å². The number of hydrogen-bond acceptors (Lipinski definition) is 6. The Bertz CT molecular complexity index is 1250. The van der Waals surface area contributed by atoms with E-state index in [0.29, 0.717) is 29.8 Å². The lowest BCUT2D eigenvalue weighted by Crippen LogP contribution is -2.36. The number of benzene rings is 1. The number of nitrogens with zero attached hydrogens (tertiary/aromatic N) is 6. The van der Waals surface area contributed by atoms with E-state index in [1.807, 2.05) is 37.3 Å². The maximum atomic E-state index is 13.0. The minimum atomic E-state index is -0.135. The van der Waals surface area contributed by atoms with Crippen LogP contribution in [-0.4, -0.2) is 41.8 Å². The molecule has 8 heteroatoms. The van der Waals surface area contributed by atoms with Gasteiger partial charge in [0.2, 0.25) is 5.89 Å². The van der Waals surface area contributed by atoms with Gasteiger partial charge in [-0.25, -0.2) is 4.52 Å². The van der Waals surface area contributed by atoms with Gasteiger partial charge in [0.15, 0.2) is 5.82 Å². The van der Waals surface area contributed by atoms with Gasteiger partial charge in [0.25, 0.3) is 5.56 Å². The first kappa shape index (κ1) is 19.7. The summed E-state index contributed by atoms with van der Waals surface area (Å²) in [7, 11) is 0. The number of aryl methyl sites for hydroxylation is 1. The molecule has 0 bridgehead atoms. The molecule has 4 heterocycles. The Hall–Kier alpha value is -3.26. The van der Waals surface area contributed by atoms with Gasteiger partial charge < -0.3 is 9.09 Å². The molecule has 0 N–H and O–H groups in total. The molecule has 0 amide bonds. The van der Waals surface area contributed by atoms with Crippen LogP contribution >= 0.6 is 0 Å². The standard InChI is InChI=1S/C23H26N6O2/c1-16-6-8-18(9-7-16)19-13-20-23(30)28(11-12-29(20)25-19)14-21-24-22(31-26-21)15-27-10-4-3-5-17(27)2/h6-9,11-13,17H,3-5,10,14-15H2,1-2H3/t17-/m0/s1. The number of likely N-dealkylation sites (tertiary alicyclic amines) is 1. The van der Waals surface area contributed by atoms with Crippen molar-refractivity contribution in [1.82, 2.24) is 29.2 Å². The summed E-state index contributed by atoms with van der Waals surface area (Å²) in [5, 5.41) is 8.64. The second-order valence-electron chi connectivity index (χ2n) is 8.38. The van der Waals surface area contributed by atoms with Gasteiger partial charge in [-0.3, -0.25) is 9.69 Å². The molecule has 4 aromatic rings. The summed E-state index contributed by atoms with van der Waals surface area (Å²) in [5.74, 6) is 1.10. The monoisotopic (exact) mass is 418 g/mol. The van der Waals surface area contributed by atoms with Crippen molar-refractivity contribution in [1.29, 1.82) is 0 Å². The summed E-state index contributed by atoms with van der Waals surface area (Å²) in [5.41, 5.74) is 3.32. The fraction of sp³-hybridized carbons (Fsp3) is 0.391. The van der Waals surface area contributed by atoms with Gasteiger partial charge in [0.1, 0.15) is 5.52 Å². The highest BCUT2D eigenvalue weighted by Gasteiger charge is 2.21. The first-order valence-corrected chi connectivity index (χ1v) is 10.8. The van der Waals surface area contributed by atoms with Crippen LogP contribution in [0.2, 0.25) is 0 Å². The van der Waals surface area contributed by atoms with Gasteiger partial charge in [-0.1, -0.05) is 41.4 Å². The van der Waals surface area contributed by atoms with Crippen LogP contribution in [0.5, 0.6) is 0 Å². The highest BCUT2D eigenvalue weighted by Crippen LogP contribution is 2.20. The van der Waals surface area contributed by atoms with Crippen LogP contribution in [0.25, 0.3) is 16.8 Å². The second-order valence-corrected chi connectivity index (χ2v) is 8.38. The molecule has 1 atom stereocenters. The quantitative estimate of drug-likeness (QED) is 0.495. The fourth-order valence-corrected chi connectivity index (χ4v) is 4.15. The van der Waals surface area contributed by atoms with Crippen molar-refractivity contribution in [3.8, 4) is 11.3 Å². The predicted octanol–water partition coefficient (Wildman–Crippen LogP) is 3.28. The van der Waals surface area contributed by atoms with Gasteiger partial charge in [0.05, 0.1) is 18.8 Å². The number of aromatic nitrogens is 5. The first-order chi connectivity index (χ1) is 15.1. The Kier molecular flexibility index (Phi) is 5.15. The van der Waals surface area contributed by atoms with E-state index in [1.54, 1.807) is 21.5 Å². The van der Waals surface area contributed by atoms with E-state index in [4.69, 9.17) is 4.52 Å². The van der Waals surface area contributed by atoms with Crippen LogP contribution < -0.4 is 5.56 Å². The van der Waals surface area contributed by atoms with Crippen LogP contribution in [0.4, 0.5) is 0 Å². The molecule has 5 rings (SSSR count). The normalized spacial score (nSPS) is 17.4. The number of piperidine rings is 1. The topological polar surface area (TPSA) is 81.5 Å². The maximum absolute atomic E-state index is 13.0. The minimum Gasteiger partial charge on any atom is -0.338 e. The molecule has 1 aromatic carbocycles. The molecule has 160 valence electrons. The molecule has 8 nitrogen and oxygen atoms in total. The molecule has 1 aliphatic heterocycles. The smallest absolute Gasteiger partial charge is 0.277 e. The number of hydrogen-bond donors (Lipinski definition) is 0. The summed E-state index contributed by atoms with van der Waals surface area (Å²) in [6, 6.07) is 10.5. The summed E-state index contributed by atoms with van der Waals surface area (Å²) in [4.78, 5) is 19.9. The third kappa shape index (κ3) is 4.03. The maximum Gasteiger partial charge on any atom is 0.277 e. The van der Waals surface area contributed by atoms with E-state index in [9.17, 15) is 4.79 Å². The first-order valence-electron chi connectivity index (χ1n) is 10.8. The van der Waals surface area contributed by atoms with Crippen molar-refractivity contribution in [2.45, 2.75) is 52.2 Å². The van der Waals surface area contributed by atoms with Crippen LogP contribution in [0.15, 0.2) is 52.0 Å². The average molecular weight is 419 g/mol. The number of rotatable bonds is 5. The SMILES string of the molecule is Cc1ccc(-c2cc3c(=O)n(Cc4noc(CN5CCCC[C@@H]5C)n4)ccn3n2)cc1. The van der Waals surface area contributed by atoms with Gasteiger partial charge in [-0.15, -0.1) is 0 Å². The lowest BCUT2D eigenvalue weighted by molar-refractivity contribution is 0.135. The lowest BCUT2D eigenvalue weighted by atomic mass is 10.0. The Morgan fingerprint density at radius 2 is 1.97 bits per heavy atom. The molecular formula is C23H26N6O2. The molecule has 31 heavy (non-hydrogen) atoms. The Labute approximate surface area is 180 Å². The van der Waals surface area contributed by atoms with Crippen LogP contribution in [0.1, 0.15) is 43.5 Å². The highest BCUT2D eigenvalue weighted by molar-refractivity contribution is 5.65. The second kappa shape index (κ2) is 8.11. The molecule has 0 unspecified atom stereocenters. The van der Waals surface area contributed by atoms with E-state index in [2.05, 4.69) is 27.1 Å². The van der Waals surface area contributed by atoms with Gasteiger partial charge in [0, 0.05) is 24.0 Å². The van der Waals surface area contributed by atoms with Crippen LogP contribution in [0, 0.1) is 6.92 Å². The van der Waals surface area contributed by atoms with Crippen molar-refractivity contribution in [2.24, 2.45) is 0 Å². The minimum absolute atomic E-state index is 0.135. The molecule has 3 aromatic heterocycles. The fourth-order valence-electron chi connectivity index (χ4n) is 4.15. The molecule has 0 saturated carbocycles. The van der Waals surface area contributed by atoms with Gasteiger partial charge >= 0.3 is 0 Å². The van der Waals surface area contributed by atoms with E-state index in [-0.39, 0.29) is 12.1 Å². The van der Waals surface area contributed by atoms with Crippen LogP contribution in [0.3, 0.4) is 0 Å². The molecule has 1 fully saturated rings. The van der Waals surface area contributed by atoms with Crippen molar-refractivity contribution in [3.63, 3.8) is 0 Å². The largest absolute Gasteiger partial charge is 0.338 e. The molecule has 0 radical (unpaired) electrons. The summed E-state index contributed by atoms with van der Waals surface area (Å²) in [6.45, 7) is 6.26. The average Bonchev–Trinajstić information content (AvgIpc) is 3.40. The zero-order valence-corrected chi connectivity index (χ0v) is 17.9. The summed E-state index contributed by atoms with van der Waals surface area (Å²) >= 11 is 0. The zero-order chi connectivity index (χ0) is 21.4. The van der Waals surface area contributed by atoms with E-state index in [1.165, 1.54) is 24.8 Å².